The first kappa shape index (κ1) is 63.1. The minimum atomic E-state index is -6.09. The number of rotatable bonds is 20. The van der Waals surface area contributed by atoms with Crippen LogP contribution >= 0.6 is 23.4 Å². The molecule has 5 aliphatic rings. The zero-order valence-electron chi connectivity index (χ0n) is 48.2. The van der Waals surface area contributed by atoms with Crippen LogP contribution in [0.15, 0.2) is 142 Å². The summed E-state index contributed by atoms with van der Waals surface area (Å²) in [7, 11) is -11.0. The molecule has 0 aromatic heterocycles. The smallest absolute Gasteiger partial charge is 0.380 e. The van der Waals surface area contributed by atoms with Crippen molar-refractivity contribution in [2.75, 3.05) is 119 Å². The van der Waals surface area contributed by atoms with Crippen LogP contribution in [-0.2, 0) is 34.2 Å². The zero-order chi connectivity index (χ0) is 60.6. The third-order valence-electron chi connectivity index (χ3n) is 17.1. The number of piperazine rings is 2. The molecular formula is C63H74ClF3N8O8S3. The molecule has 4 heterocycles. The summed E-state index contributed by atoms with van der Waals surface area (Å²) in [6, 6.07) is 34.1. The molecule has 5 aromatic carbocycles. The standard InChI is InChI=1S/C63H74ClF3N8O8S3/c1-62(44-73-31-35-75(36-32-73)51-16-10-46(11-17-51)56-21-23-59(76)69-61(56)78)26-24-55(45-8-14-49(64)15-9-45)48(41-62)42-72-29-33-74(34-30-72)52-18-12-47(13-19-52)60(77)70-86(81,82)54-20-22-57(58(40-54)85(79,80)63(65,66)67)68-50(43-84-53-6-3-2-4-7-53)25-28-71-27-5-38-83-39-37-71/h2-4,6-20,22,40,50,56,68H,5,21,23-39,41-44H2,1H3,(H,70,77)(H,69,76,78)/t50-,56?,62-/m1/s1. The van der Waals surface area contributed by atoms with Crippen LogP contribution < -0.4 is 25.2 Å². The van der Waals surface area contributed by atoms with Crippen LogP contribution in [0.5, 0.6) is 0 Å². The molecule has 0 radical (unpaired) electrons. The van der Waals surface area contributed by atoms with Crippen LogP contribution in [-0.4, -0.2) is 165 Å². The molecule has 0 spiro atoms. The van der Waals surface area contributed by atoms with E-state index in [4.69, 9.17) is 16.3 Å². The Kier molecular flexibility index (Phi) is 20.2. The first-order valence-corrected chi connectivity index (χ1v) is 33.7. The van der Waals surface area contributed by atoms with Crippen LogP contribution in [0.1, 0.15) is 79.3 Å². The van der Waals surface area contributed by atoms with Crippen molar-refractivity contribution >= 4 is 83.6 Å². The van der Waals surface area contributed by atoms with Crippen molar-refractivity contribution in [2.45, 2.75) is 84.0 Å². The fraction of sp³-hybridized carbons (Fsp3) is 0.444. The van der Waals surface area contributed by atoms with E-state index in [1.165, 1.54) is 40.6 Å². The second-order valence-electron chi connectivity index (χ2n) is 23.3. The Morgan fingerprint density at radius 3 is 2.10 bits per heavy atom. The van der Waals surface area contributed by atoms with Crippen LogP contribution in [0.3, 0.4) is 0 Å². The second-order valence-corrected chi connectivity index (χ2v) is 28.5. The van der Waals surface area contributed by atoms with Gasteiger partial charge in [0.1, 0.15) is 4.90 Å². The largest absolute Gasteiger partial charge is 0.501 e. The minimum absolute atomic E-state index is 0.0191. The number of halogens is 4. The average Bonchev–Trinajstić information content (AvgIpc) is 1.14. The summed E-state index contributed by atoms with van der Waals surface area (Å²) in [6.45, 7) is 13.9. The van der Waals surface area contributed by atoms with E-state index in [2.05, 4.69) is 66.3 Å². The van der Waals surface area contributed by atoms with Crippen LogP contribution in [0.2, 0.25) is 5.02 Å². The molecule has 3 N–H and O–H groups in total. The number of carbonyl (C=O) groups is 3. The van der Waals surface area contributed by atoms with Gasteiger partial charge in [-0.2, -0.15) is 13.2 Å². The predicted molar refractivity (Wildman–Crippen MR) is 331 cm³/mol. The molecule has 5 aromatic rings. The molecule has 86 heavy (non-hydrogen) atoms. The van der Waals surface area contributed by atoms with E-state index < -0.39 is 52.8 Å². The molecule has 16 nitrogen and oxygen atoms in total. The van der Waals surface area contributed by atoms with Gasteiger partial charge >= 0.3 is 5.51 Å². The zero-order valence-corrected chi connectivity index (χ0v) is 51.4. The van der Waals surface area contributed by atoms with Gasteiger partial charge in [-0.25, -0.2) is 21.6 Å². The highest BCUT2D eigenvalue weighted by molar-refractivity contribution is 7.99. The number of nitrogens with zero attached hydrogens (tertiary/aromatic N) is 5. The van der Waals surface area contributed by atoms with Gasteiger partial charge < -0.3 is 24.8 Å². The van der Waals surface area contributed by atoms with Crippen molar-refractivity contribution in [3.63, 3.8) is 0 Å². The summed E-state index contributed by atoms with van der Waals surface area (Å²) < 4.78 is 105. The van der Waals surface area contributed by atoms with E-state index in [0.29, 0.717) is 75.5 Å². The Morgan fingerprint density at radius 2 is 1.44 bits per heavy atom. The number of imide groups is 1. The van der Waals surface area contributed by atoms with E-state index in [0.717, 1.165) is 119 Å². The number of sulfone groups is 1. The van der Waals surface area contributed by atoms with Gasteiger partial charge in [-0.3, -0.25) is 29.5 Å². The van der Waals surface area contributed by atoms with Crippen LogP contribution in [0.4, 0.5) is 30.2 Å². The van der Waals surface area contributed by atoms with E-state index in [9.17, 15) is 44.4 Å². The molecule has 4 fully saturated rings. The normalized spacial score (nSPS) is 21.2. The van der Waals surface area contributed by atoms with Gasteiger partial charge in [-0.1, -0.05) is 66.6 Å². The SMILES string of the molecule is C[C@@]1(CN2CCN(c3ccc(C4CCC(=O)NC4=O)cc3)CC2)CCC(c2ccc(Cl)cc2)=C(CN2CCN(c3ccc(C(=O)NS(=O)(=O)c4ccc(N[C@H](CCN5CCCOCC5)CSc5ccccc5)c(S(=O)(=O)C(F)(F)F)c4)cc3)CC2)C1. The van der Waals surface area contributed by atoms with E-state index >= 15 is 0 Å². The first-order valence-electron chi connectivity index (χ1n) is 29.4. The predicted octanol–water partition coefficient (Wildman–Crippen LogP) is 9.55. The maximum absolute atomic E-state index is 14.4. The summed E-state index contributed by atoms with van der Waals surface area (Å²) in [5, 5.41) is 6.17. The van der Waals surface area contributed by atoms with Crippen LogP contribution in [0, 0.1) is 5.41 Å². The maximum Gasteiger partial charge on any atom is 0.501 e. The number of sulfonamides is 1. The molecule has 23 heteroatoms. The lowest BCUT2D eigenvalue weighted by Crippen LogP contribution is -2.50. The van der Waals surface area contributed by atoms with Gasteiger partial charge in [-0.05, 0) is 140 Å². The van der Waals surface area contributed by atoms with Gasteiger partial charge in [0, 0.05) is 137 Å². The Morgan fingerprint density at radius 1 is 0.779 bits per heavy atom. The highest BCUT2D eigenvalue weighted by Gasteiger charge is 2.49. The van der Waals surface area contributed by atoms with E-state index in [-0.39, 0.29) is 28.7 Å². The fourth-order valence-electron chi connectivity index (χ4n) is 12.4. The molecule has 10 rings (SSSR count). The highest BCUT2D eigenvalue weighted by atomic mass is 35.5. The summed E-state index contributed by atoms with van der Waals surface area (Å²) in [6.07, 6.45) is 5.08. The Hall–Kier alpha value is -5.98. The topological polar surface area (TPSA) is 181 Å². The molecule has 0 saturated carbocycles. The molecule has 1 unspecified atom stereocenters. The number of piperidine rings is 1. The van der Waals surface area contributed by atoms with Gasteiger partial charge in [0.05, 0.1) is 23.1 Å². The quantitative estimate of drug-likeness (QED) is 0.0495. The van der Waals surface area contributed by atoms with Crippen LogP contribution in [0.25, 0.3) is 5.57 Å². The second kappa shape index (κ2) is 27.6. The van der Waals surface area contributed by atoms with Crippen molar-refractivity contribution in [2.24, 2.45) is 5.41 Å². The molecule has 4 saturated heterocycles. The summed E-state index contributed by atoms with van der Waals surface area (Å²) in [5.41, 5.74) is 0.727. The molecule has 460 valence electrons. The Labute approximate surface area is 511 Å². The third kappa shape index (κ3) is 15.8. The number of hydrogen-bond donors (Lipinski definition) is 3. The number of carbonyl (C=O) groups excluding carboxylic acids is 3. The minimum Gasteiger partial charge on any atom is -0.380 e. The number of benzene rings is 5. The summed E-state index contributed by atoms with van der Waals surface area (Å²) >= 11 is 7.81. The summed E-state index contributed by atoms with van der Waals surface area (Å²) in [5.74, 6) is -1.43. The molecule has 1 aliphatic carbocycles. The van der Waals surface area contributed by atoms with Gasteiger partial charge in [0.25, 0.3) is 25.8 Å². The molecule has 0 bridgehead atoms. The molecule has 3 amide bonds. The highest BCUT2D eigenvalue weighted by Crippen LogP contribution is 2.44. The number of allylic oxidation sites excluding steroid dienone is 1. The van der Waals surface area contributed by atoms with Crippen molar-refractivity contribution in [3.05, 3.63) is 149 Å². The van der Waals surface area contributed by atoms with Gasteiger partial charge in [-0.15, -0.1) is 11.8 Å². The van der Waals surface area contributed by atoms with Crippen molar-refractivity contribution in [1.29, 1.82) is 0 Å². The van der Waals surface area contributed by atoms with E-state index in [1.54, 1.807) is 12.1 Å². The Balaban J connectivity index is 0.755. The van der Waals surface area contributed by atoms with Gasteiger partial charge in [0.2, 0.25) is 11.8 Å². The number of anilines is 3. The van der Waals surface area contributed by atoms with Crippen molar-refractivity contribution in [1.82, 2.24) is 24.7 Å². The Bertz CT molecular complexity index is 3450. The fourth-order valence-corrected chi connectivity index (χ4v) is 15.5. The molecule has 4 aliphatic heterocycles. The lowest BCUT2D eigenvalue weighted by molar-refractivity contribution is -0.134. The van der Waals surface area contributed by atoms with Crippen molar-refractivity contribution < 1.29 is 49.1 Å². The van der Waals surface area contributed by atoms with Crippen molar-refractivity contribution in [3.8, 4) is 0 Å². The van der Waals surface area contributed by atoms with E-state index in [1.807, 2.05) is 59.3 Å². The third-order valence-corrected chi connectivity index (χ3v) is 21.4. The number of amides is 3. The van der Waals surface area contributed by atoms with Gasteiger partial charge in [0.15, 0.2) is 0 Å². The number of ether oxygens (including phenoxy) is 1. The number of thioether (sulfide) groups is 1. The average molecular weight is 1260 g/mol. The maximum atomic E-state index is 14.4. The lowest BCUT2D eigenvalue weighted by atomic mass is 9.71. The first-order chi connectivity index (χ1) is 41.2. The number of nitrogens with one attached hydrogen (secondary N) is 3. The monoisotopic (exact) mass is 1260 g/mol. The lowest BCUT2D eigenvalue weighted by Gasteiger charge is -2.44. The molecule has 3 atom stereocenters. The summed E-state index contributed by atoms with van der Waals surface area (Å²) in [4.78, 5) is 48.4. The number of hydrogen-bond acceptors (Lipinski definition) is 15. The number of alkyl halides is 3. The molecular weight excluding hydrogens is 1190 g/mol.